The largest absolute Gasteiger partial charge is 0.383 e. The monoisotopic (exact) mass is 258 g/mol. The van der Waals surface area contributed by atoms with Gasteiger partial charge in [0.2, 0.25) is 0 Å². The summed E-state index contributed by atoms with van der Waals surface area (Å²) >= 11 is 0. The number of likely N-dealkylation sites (N-methyl/N-ethyl adjacent to an activating group) is 1. The summed E-state index contributed by atoms with van der Waals surface area (Å²) < 4.78 is 5.23. The minimum atomic E-state index is 0.450. The molecule has 0 radical (unpaired) electrons. The van der Waals surface area contributed by atoms with E-state index >= 15 is 0 Å². The van der Waals surface area contributed by atoms with Gasteiger partial charge < -0.3 is 20.7 Å². The van der Waals surface area contributed by atoms with Crippen LogP contribution in [0.4, 0.5) is 0 Å². The maximum absolute atomic E-state index is 5.55. The van der Waals surface area contributed by atoms with E-state index in [2.05, 4.69) is 22.2 Å². The molecule has 0 aromatic heterocycles. The Labute approximate surface area is 112 Å². The highest BCUT2D eigenvalue weighted by molar-refractivity contribution is 4.72. The van der Waals surface area contributed by atoms with Gasteiger partial charge in [-0.2, -0.15) is 0 Å². The molecule has 0 bridgehead atoms. The fourth-order valence-electron chi connectivity index (χ4n) is 2.31. The molecule has 1 unspecified atom stereocenters. The molecule has 1 rings (SSSR count). The highest BCUT2D eigenvalue weighted by atomic mass is 16.5. The number of hydrogen-bond acceptors (Lipinski definition) is 5. The first-order valence-corrected chi connectivity index (χ1v) is 7.09. The van der Waals surface area contributed by atoms with Crippen LogP contribution in [0, 0.1) is 0 Å². The lowest BCUT2D eigenvalue weighted by Gasteiger charge is -2.32. The molecule has 0 spiro atoms. The van der Waals surface area contributed by atoms with Crippen molar-refractivity contribution < 1.29 is 4.74 Å². The second kappa shape index (κ2) is 9.69. The van der Waals surface area contributed by atoms with Crippen molar-refractivity contribution in [1.29, 1.82) is 0 Å². The van der Waals surface area contributed by atoms with Gasteiger partial charge in [0.1, 0.15) is 0 Å². The molecule has 0 amide bonds. The Hall–Kier alpha value is -0.200. The summed E-state index contributed by atoms with van der Waals surface area (Å²) in [6, 6.07) is 0.450. The Morgan fingerprint density at radius 3 is 2.61 bits per heavy atom. The van der Waals surface area contributed by atoms with Crippen LogP contribution >= 0.6 is 0 Å². The maximum Gasteiger partial charge on any atom is 0.0615 e. The van der Waals surface area contributed by atoms with E-state index in [0.717, 1.165) is 39.1 Å². The molecule has 0 aliphatic carbocycles. The van der Waals surface area contributed by atoms with E-state index in [1.807, 2.05) is 0 Å². The number of nitrogens with two attached hydrogens (primary N) is 1. The summed E-state index contributed by atoms with van der Waals surface area (Å²) in [6.45, 7) is 8.48. The van der Waals surface area contributed by atoms with Crippen molar-refractivity contribution in [3.63, 3.8) is 0 Å². The highest BCUT2D eigenvalue weighted by Crippen LogP contribution is 1.99. The van der Waals surface area contributed by atoms with Crippen LogP contribution < -0.4 is 11.1 Å². The number of ether oxygens (including phenoxy) is 1. The third-order valence-electron chi connectivity index (χ3n) is 3.58. The lowest BCUT2D eigenvalue weighted by Crippen LogP contribution is -2.47. The number of rotatable bonds is 9. The summed E-state index contributed by atoms with van der Waals surface area (Å²) in [5.74, 6) is 0. The van der Waals surface area contributed by atoms with Gasteiger partial charge in [0.15, 0.2) is 0 Å². The Balaban J connectivity index is 2.09. The second-order valence-corrected chi connectivity index (χ2v) is 5.18. The van der Waals surface area contributed by atoms with Crippen molar-refractivity contribution in [2.45, 2.75) is 18.9 Å². The summed E-state index contributed by atoms with van der Waals surface area (Å²) in [6.07, 6.45) is 2.17. The lowest BCUT2D eigenvalue weighted by molar-refractivity contribution is 0.141. The summed E-state index contributed by atoms with van der Waals surface area (Å²) in [4.78, 5) is 4.92. The molecular formula is C13H30N4O. The van der Waals surface area contributed by atoms with E-state index in [0.29, 0.717) is 6.04 Å². The molecule has 0 aromatic rings. The van der Waals surface area contributed by atoms with Crippen LogP contribution in [-0.2, 0) is 4.74 Å². The van der Waals surface area contributed by atoms with Crippen molar-refractivity contribution in [1.82, 2.24) is 15.1 Å². The van der Waals surface area contributed by atoms with Gasteiger partial charge in [0.25, 0.3) is 0 Å². The van der Waals surface area contributed by atoms with E-state index in [-0.39, 0.29) is 0 Å². The molecule has 1 saturated heterocycles. The minimum Gasteiger partial charge on any atom is -0.383 e. The van der Waals surface area contributed by atoms with Gasteiger partial charge in [0, 0.05) is 52.4 Å². The molecule has 5 heteroatoms. The average Bonchev–Trinajstić information content (AvgIpc) is 2.38. The predicted molar refractivity (Wildman–Crippen MR) is 75.9 cm³/mol. The van der Waals surface area contributed by atoms with Crippen molar-refractivity contribution in [2.24, 2.45) is 5.73 Å². The zero-order valence-electron chi connectivity index (χ0n) is 12.0. The number of hydrogen-bond donors (Lipinski definition) is 2. The molecule has 0 aromatic carbocycles. The topological polar surface area (TPSA) is 53.8 Å². The number of nitrogens with zero attached hydrogens (tertiary/aromatic N) is 2. The Kier molecular flexibility index (Phi) is 8.54. The molecule has 1 heterocycles. The zero-order chi connectivity index (χ0) is 13.2. The zero-order valence-corrected chi connectivity index (χ0v) is 12.0. The van der Waals surface area contributed by atoms with Crippen molar-refractivity contribution in [2.75, 3.05) is 66.6 Å². The first kappa shape index (κ1) is 15.9. The first-order valence-electron chi connectivity index (χ1n) is 7.09. The molecular weight excluding hydrogens is 228 g/mol. The van der Waals surface area contributed by atoms with Gasteiger partial charge in [-0.1, -0.05) is 0 Å². The number of nitrogens with one attached hydrogen (secondary N) is 1. The van der Waals surface area contributed by atoms with Crippen LogP contribution in [0.1, 0.15) is 12.8 Å². The van der Waals surface area contributed by atoms with Crippen LogP contribution in [-0.4, -0.2) is 82.4 Å². The van der Waals surface area contributed by atoms with Crippen LogP contribution in [0.15, 0.2) is 0 Å². The quantitative estimate of drug-likeness (QED) is 0.588. The normalized spacial score (nSPS) is 20.2. The van der Waals surface area contributed by atoms with E-state index in [1.54, 1.807) is 7.11 Å². The van der Waals surface area contributed by atoms with E-state index in [9.17, 15) is 0 Å². The number of piperazine rings is 1. The highest BCUT2D eigenvalue weighted by Gasteiger charge is 2.13. The standard InChI is InChI=1S/C13H30N4O/c1-16-8-10-17(11-9-16)7-6-15-13(12-18-2)4-3-5-14/h13,15H,3-12,14H2,1-2H3. The van der Waals surface area contributed by atoms with Gasteiger partial charge >= 0.3 is 0 Å². The minimum absolute atomic E-state index is 0.450. The third kappa shape index (κ3) is 6.66. The third-order valence-corrected chi connectivity index (χ3v) is 3.58. The second-order valence-electron chi connectivity index (χ2n) is 5.18. The smallest absolute Gasteiger partial charge is 0.0615 e. The summed E-state index contributed by atoms with van der Waals surface area (Å²) in [5, 5.41) is 3.58. The molecule has 108 valence electrons. The summed E-state index contributed by atoms with van der Waals surface area (Å²) in [5.41, 5.74) is 5.55. The van der Waals surface area contributed by atoms with E-state index < -0.39 is 0 Å². The molecule has 5 nitrogen and oxygen atoms in total. The van der Waals surface area contributed by atoms with E-state index in [4.69, 9.17) is 10.5 Å². The Morgan fingerprint density at radius 1 is 1.28 bits per heavy atom. The molecule has 1 fully saturated rings. The molecule has 1 atom stereocenters. The van der Waals surface area contributed by atoms with Crippen LogP contribution in [0.25, 0.3) is 0 Å². The SMILES string of the molecule is COCC(CCCN)NCCN1CCN(C)CC1. The molecule has 0 saturated carbocycles. The van der Waals surface area contributed by atoms with Crippen molar-refractivity contribution in [3.05, 3.63) is 0 Å². The van der Waals surface area contributed by atoms with Crippen molar-refractivity contribution >= 4 is 0 Å². The fourth-order valence-corrected chi connectivity index (χ4v) is 2.31. The summed E-state index contributed by atoms with van der Waals surface area (Å²) in [7, 11) is 3.95. The van der Waals surface area contributed by atoms with Gasteiger partial charge in [-0.15, -0.1) is 0 Å². The van der Waals surface area contributed by atoms with Gasteiger partial charge in [-0.25, -0.2) is 0 Å². The van der Waals surface area contributed by atoms with Gasteiger partial charge in [0.05, 0.1) is 6.61 Å². The van der Waals surface area contributed by atoms with Crippen molar-refractivity contribution in [3.8, 4) is 0 Å². The lowest BCUT2D eigenvalue weighted by atomic mass is 10.1. The maximum atomic E-state index is 5.55. The Morgan fingerprint density at radius 2 is 2.00 bits per heavy atom. The predicted octanol–water partition coefficient (Wildman–Crippen LogP) is -0.423. The van der Waals surface area contributed by atoms with Crippen LogP contribution in [0.3, 0.4) is 0 Å². The molecule has 1 aliphatic rings. The fraction of sp³-hybridized carbons (Fsp3) is 1.00. The average molecular weight is 258 g/mol. The molecule has 1 aliphatic heterocycles. The number of methoxy groups -OCH3 is 1. The van der Waals surface area contributed by atoms with Crippen LogP contribution in [0.2, 0.25) is 0 Å². The van der Waals surface area contributed by atoms with Gasteiger partial charge in [-0.3, -0.25) is 4.90 Å². The Bertz CT molecular complexity index is 195. The van der Waals surface area contributed by atoms with Gasteiger partial charge in [-0.05, 0) is 26.4 Å². The molecule has 18 heavy (non-hydrogen) atoms. The first-order chi connectivity index (χ1) is 8.76. The van der Waals surface area contributed by atoms with Crippen LogP contribution in [0.5, 0.6) is 0 Å². The molecule has 3 N–H and O–H groups in total. The van der Waals surface area contributed by atoms with E-state index in [1.165, 1.54) is 26.2 Å².